The van der Waals surface area contributed by atoms with Crippen LogP contribution in [0, 0.1) is 0 Å². The molecular weight excluding hydrogens is 278 g/mol. The monoisotopic (exact) mass is 287 g/mol. The highest BCUT2D eigenvalue weighted by Crippen LogP contribution is 2.27. The number of hydrogen-bond donors (Lipinski definition) is 2. The Balaban J connectivity index is 2.62. The molecule has 0 aliphatic carbocycles. The summed E-state index contributed by atoms with van der Waals surface area (Å²) in [5.74, 6) is -1.53. The molecule has 2 heterocycles. The molecule has 0 atom stereocenters. The quantitative estimate of drug-likeness (QED) is 0.688. The number of rotatable bonds is 2. The predicted molar refractivity (Wildman–Crippen MR) is 74.1 cm³/mol. The van der Waals surface area contributed by atoms with Gasteiger partial charge in [-0.3, -0.25) is 9.59 Å². The third-order valence-corrected chi connectivity index (χ3v) is 3.11. The van der Waals surface area contributed by atoms with Crippen LogP contribution < -0.4 is 15.7 Å². The molecule has 0 saturated heterocycles. The van der Waals surface area contributed by atoms with Crippen LogP contribution in [0.3, 0.4) is 0 Å². The first kappa shape index (κ1) is 12.9. The third kappa shape index (κ3) is 1.86. The second-order valence-corrected chi connectivity index (χ2v) is 4.32. The fourth-order valence-electron chi connectivity index (χ4n) is 2.20. The zero-order chi connectivity index (χ0) is 15.1. The number of para-hydroxylation sites is 1. The van der Waals surface area contributed by atoms with E-state index in [0.29, 0.717) is 16.7 Å². The lowest BCUT2D eigenvalue weighted by Gasteiger charge is -2.07. The highest BCUT2D eigenvalue weighted by molar-refractivity contribution is 6.04. The summed E-state index contributed by atoms with van der Waals surface area (Å²) >= 11 is 0. The van der Waals surface area contributed by atoms with Crippen molar-refractivity contribution in [1.82, 2.24) is 4.98 Å². The van der Waals surface area contributed by atoms with Crippen molar-refractivity contribution in [3.63, 3.8) is 0 Å². The number of pyridine rings is 1. The minimum Gasteiger partial charge on any atom is -0.495 e. The van der Waals surface area contributed by atoms with Crippen molar-refractivity contribution in [3.05, 3.63) is 50.6 Å². The average Bonchev–Trinajstić information content (AvgIpc) is 2.46. The number of hydrogen-bond acceptors (Lipinski definition) is 5. The third-order valence-electron chi connectivity index (χ3n) is 3.11. The summed E-state index contributed by atoms with van der Waals surface area (Å²) in [6.07, 6.45) is 0. The number of H-pyrrole nitrogens is 1. The van der Waals surface area contributed by atoms with E-state index in [4.69, 9.17) is 14.3 Å². The summed E-state index contributed by atoms with van der Waals surface area (Å²) in [4.78, 5) is 37.5. The standard InChI is InChI=1S/C14H9NO6/c1-20-8-4-2-3-6-11(8)15-13(17)10-7(16)5-9(14(18)19)21-12(6)10/h2-5H,1H3,(H,15,17)(H,18,19). The molecule has 2 aromatic heterocycles. The molecule has 7 nitrogen and oxygen atoms in total. The van der Waals surface area contributed by atoms with Gasteiger partial charge in [0, 0.05) is 11.5 Å². The number of carbonyl (C=O) groups is 1. The minimum atomic E-state index is -1.38. The van der Waals surface area contributed by atoms with E-state index in [1.54, 1.807) is 18.2 Å². The molecule has 106 valence electrons. The summed E-state index contributed by atoms with van der Waals surface area (Å²) in [6, 6.07) is 5.66. The molecule has 7 heteroatoms. The number of aromatic nitrogens is 1. The number of benzene rings is 1. The lowest BCUT2D eigenvalue weighted by molar-refractivity contribution is 0.0663. The highest BCUT2D eigenvalue weighted by atomic mass is 16.5. The lowest BCUT2D eigenvalue weighted by Crippen LogP contribution is -2.17. The Hall–Kier alpha value is -3.09. The maximum absolute atomic E-state index is 12.0. The molecule has 3 rings (SSSR count). The van der Waals surface area contributed by atoms with Gasteiger partial charge in [-0.15, -0.1) is 0 Å². The summed E-state index contributed by atoms with van der Waals surface area (Å²) in [7, 11) is 1.43. The number of carboxylic acids is 1. The van der Waals surface area contributed by atoms with Crippen LogP contribution in [0.4, 0.5) is 0 Å². The summed E-state index contributed by atoms with van der Waals surface area (Å²) < 4.78 is 10.4. The van der Waals surface area contributed by atoms with Crippen molar-refractivity contribution in [2.24, 2.45) is 0 Å². The first-order valence-corrected chi connectivity index (χ1v) is 5.93. The van der Waals surface area contributed by atoms with Gasteiger partial charge in [-0.1, -0.05) is 6.07 Å². The maximum atomic E-state index is 12.0. The van der Waals surface area contributed by atoms with Crippen LogP contribution in [0.5, 0.6) is 5.75 Å². The van der Waals surface area contributed by atoms with Crippen LogP contribution in [0.15, 0.2) is 38.3 Å². The minimum absolute atomic E-state index is 0.0717. The molecule has 1 aromatic carbocycles. The van der Waals surface area contributed by atoms with Crippen LogP contribution in [0.2, 0.25) is 0 Å². The number of methoxy groups -OCH3 is 1. The van der Waals surface area contributed by atoms with Crippen LogP contribution in [0.25, 0.3) is 21.9 Å². The Morgan fingerprint density at radius 3 is 2.76 bits per heavy atom. The second kappa shape index (κ2) is 4.48. The van der Waals surface area contributed by atoms with E-state index in [9.17, 15) is 14.4 Å². The van der Waals surface area contributed by atoms with E-state index < -0.39 is 22.7 Å². The van der Waals surface area contributed by atoms with Gasteiger partial charge in [0.05, 0.1) is 12.6 Å². The second-order valence-electron chi connectivity index (χ2n) is 4.32. The molecule has 0 aliphatic heterocycles. The largest absolute Gasteiger partial charge is 0.495 e. The van der Waals surface area contributed by atoms with Gasteiger partial charge in [-0.2, -0.15) is 0 Å². The van der Waals surface area contributed by atoms with Crippen molar-refractivity contribution in [3.8, 4) is 5.75 Å². The number of aromatic amines is 1. The van der Waals surface area contributed by atoms with Gasteiger partial charge in [-0.05, 0) is 12.1 Å². The van der Waals surface area contributed by atoms with Crippen molar-refractivity contribution in [2.45, 2.75) is 0 Å². The lowest BCUT2D eigenvalue weighted by atomic mass is 10.1. The first-order valence-electron chi connectivity index (χ1n) is 5.93. The highest BCUT2D eigenvalue weighted by Gasteiger charge is 2.17. The number of carboxylic acid groups (broad SMARTS) is 1. The van der Waals surface area contributed by atoms with E-state index in [1.807, 2.05) is 0 Å². The Kier molecular flexibility index (Phi) is 2.76. The molecule has 0 amide bonds. The summed E-state index contributed by atoms with van der Waals surface area (Å²) in [6.45, 7) is 0. The summed E-state index contributed by atoms with van der Waals surface area (Å²) in [5.41, 5.74) is -1.10. The molecule has 0 fully saturated rings. The molecule has 0 saturated carbocycles. The Bertz CT molecular complexity index is 998. The molecule has 2 N–H and O–H groups in total. The number of nitrogens with one attached hydrogen (secondary N) is 1. The maximum Gasteiger partial charge on any atom is 0.371 e. The van der Waals surface area contributed by atoms with E-state index in [-0.39, 0.29) is 11.0 Å². The Morgan fingerprint density at radius 2 is 2.10 bits per heavy atom. The summed E-state index contributed by atoms with van der Waals surface area (Å²) in [5, 5.41) is 9.14. The first-order chi connectivity index (χ1) is 10.0. The molecule has 0 aliphatic rings. The van der Waals surface area contributed by atoms with Gasteiger partial charge in [0.1, 0.15) is 11.1 Å². The number of aromatic carboxylic acids is 1. The zero-order valence-corrected chi connectivity index (χ0v) is 10.8. The Morgan fingerprint density at radius 1 is 1.33 bits per heavy atom. The van der Waals surface area contributed by atoms with Crippen LogP contribution in [0.1, 0.15) is 10.6 Å². The van der Waals surface area contributed by atoms with Gasteiger partial charge in [0.2, 0.25) is 5.76 Å². The van der Waals surface area contributed by atoms with Crippen molar-refractivity contribution >= 4 is 27.8 Å². The molecule has 0 radical (unpaired) electrons. The van der Waals surface area contributed by atoms with E-state index in [2.05, 4.69) is 4.98 Å². The Labute approximate surface area is 116 Å². The van der Waals surface area contributed by atoms with Crippen molar-refractivity contribution < 1.29 is 19.1 Å². The van der Waals surface area contributed by atoms with Crippen molar-refractivity contribution in [1.29, 1.82) is 0 Å². The normalized spacial score (nSPS) is 10.9. The fraction of sp³-hybridized carbons (Fsp3) is 0.0714. The van der Waals surface area contributed by atoms with Crippen LogP contribution in [-0.2, 0) is 0 Å². The SMILES string of the molecule is COc1cccc2c1[nH]c(=O)c1c(=O)cc(C(=O)O)oc12. The molecule has 0 bridgehead atoms. The predicted octanol–water partition coefficient (Wildman–Crippen LogP) is 1.34. The van der Waals surface area contributed by atoms with Crippen LogP contribution in [-0.4, -0.2) is 23.2 Å². The molecule has 3 aromatic rings. The topological polar surface area (TPSA) is 110 Å². The fourth-order valence-corrected chi connectivity index (χ4v) is 2.20. The number of fused-ring (bicyclic) bond motifs is 3. The van der Waals surface area contributed by atoms with E-state index >= 15 is 0 Å². The van der Waals surface area contributed by atoms with Gasteiger partial charge < -0.3 is 19.2 Å². The van der Waals surface area contributed by atoms with Gasteiger partial charge >= 0.3 is 5.97 Å². The molecule has 0 spiro atoms. The average molecular weight is 287 g/mol. The van der Waals surface area contributed by atoms with Gasteiger partial charge in [-0.25, -0.2) is 4.79 Å². The van der Waals surface area contributed by atoms with E-state index in [1.165, 1.54) is 7.11 Å². The smallest absolute Gasteiger partial charge is 0.371 e. The molecular formula is C14H9NO6. The van der Waals surface area contributed by atoms with Gasteiger partial charge in [0.25, 0.3) is 5.56 Å². The van der Waals surface area contributed by atoms with Crippen molar-refractivity contribution in [2.75, 3.05) is 7.11 Å². The van der Waals surface area contributed by atoms with E-state index in [0.717, 1.165) is 6.07 Å². The molecule has 0 unspecified atom stereocenters. The number of ether oxygens (including phenoxy) is 1. The van der Waals surface area contributed by atoms with Crippen LogP contribution >= 0.6 is 0 Å². The van der Waals surface area contributed by atoms with Gasteiger partial charge in [0.15, 0.2) is 11.0 Å². The zero-order valence-electron chi connectivity index (χ0n) is 10.8. The molecule has 21 heavy (non-hydrogen) atoms.